The van der Waals surface area contributed by atoms with E-state index in [2.05, 4.69) is 5.10 Å². The predicted molar refractivity (Wildman–Crippen MR) is 110 cm³/mol. The first kappa shape index (κ1) is 21.2. The quantitative estimate of drug-likeness (QED) is 0.774. The molecule has 8 nitrogen and oxygen atoms in total. The summed E-state index contributed by atoms with van der Waals surface area (Å²) in [6.45, 7) is 3.74. The fourth-order valence-electron chi connectivity index (χ4n) is 3.88. The summed E-state index contributed by atoms with van der Waals surface area (Å²) in [6.07, 6.45) is 1.55. The highest BCUT2D eigenvalue weighted by Crippen LogP contribution is 2.39. The van der Waals surface area contributed by atoms with Crippen LogP contribution >= 0.6 is 0 Å². The van der Waals surface area contributed by atoms with Gasteiger partial charge in [0, 0.05) is 31.1 Å². The SMILES string of the molecule is C[C@H]1CN(C(=O)O)c2cc(-c3cnn(C4COC4)c3)ccc2N1C(=O)CCC(C)(F)F. The molecule has 1 N–H and O–H groups in total. The van der Waals surface area contributed by atoms with Gasteiger partial charge in [0.15, 0.2) is 0 Å². The van der Waals surface area contributed by atoms with Gasteiger partial charge < -0.3 is 14.7 Å². The maximum Gasteiger partial charge on any atom is 0.411 e. The van der Waals surface area contributed by atoms with Crippen molar-refractivity contribution in [1.82, 2.24) is 9.78 Å². The zero-order valence-corrected chi connectivity index (χ0v) is 17.3. The number of hydrogen-bond acceptors (Lipinski definition) is 4. The molecule has 0 saturated carbocycles. The lowest BCUT2D eigenvalue weighted by molar-refractivity contribution is -0.120. The van der Waals surface area contributed by atoms with Crippen LogP contribution in [0.15, 0.2) is 30.6 Å². The maximum absolute atomic E-state index is 13.3. The molecule has 3 heterocycles. The third-order valence-corrected chi connectivity index (χ3v) is 5.62. The molecule has 1 fully saturated rings. The van der Waals surface area contributed by atoms with Gasteiger partial charge in [-0.05, 0) is 31.5 Å². The molecule has 2 aliphatic rings. The Labute approximate surface area is 178 Å². The Bertz CT molecular complexity index is 1000. The standard InChI is InChI=1S/C21H24F2N4O4/c1-13-9-25(20(29)30)18-7-14(15-8-24-26(10-15)16-11-31-12-16)3-4-17(18)27(13)19(28)5-6-21(2,22)23/h3-4,7-8,10,13,16H,5-6,9,11-12H2,1-2H3,(H,29,30)/t13-/m0/s1. The average Bonchev–Trinajstić information content (AvgIpc) is 3.12. The van der Waals surface area contributed by atoms with E-state index in [-0.39, 0.29) is 19.0 Å². The molecule has 4 rings (SSSR count). The molecule has 10 heteroatoms. The largest absolute Gasteiger partial charge is 0.465 e. The van der Waals surface area contributed by atoms with Crippen molar-refractivity contribution in [3.8, 4) is 11.1 Å². The van der Waals surface area contributed by atoms with Crippen molar-refractivity contribution in [2.75, 3.05) is 29.6 Å². The van der Waals surface area contributed by atoms with E-state index in [4.69, 9.17) is 4.74 Å². The van der Waals surface area contributed by atoms with Crippen LogP contribution in [0.1, 0.15) is 32.7 Å². The zero-order valence-electron chi connectivity index (χ0n) is 17.3. The predicted octanol–water partition coefficient (Wildman–Crippen LogP) is 3.78. The Kier molecular flexibility index (Phi) is 5.42. The summed E-state index contributed by atoms with van der Waals surface area (Å²) in [5, 5.41) is 14.1. The van der Waals surface area contributed by atoms with Gasteiger partial charge in [0.25, 0.3) is 0 Å². The van der Waals surface area contributed by atoms with E-state index in [9.17, 15) is 23.5 Å². The smallest absolute Gasteiger partial charge is 0.411 e. The van der Waals surface area contributed by atoms with Gasteiger partial charge in [-0.2, -0.15) is 5.10 Å². The molecule has 31 heavy (non-hydrogen) atoms. The molecule has 166 valence electrons. The van der Waals surface area contributed by atoms with Crippen LogP contribution in [0.2, 0.25) is 0 Å². The molecule has 0 bridgehead atoms. The molecule has 0 aliphatic carbocycles. The third kappa shape index (κ3) is 4.25. The first-order valence-corrected chi connectivity index (χ1v) is 10.1. The van der Waals surface area contributed by atoms with E-state index >= 15 is 0 Å². The average molecular weight is 434 g/mol. The first-order chi connectivity index (χ1) is 14.6. The fourth-order valence-corrected chi connectivity index (χ4v) is 3.88. The molecule has 2 amide bonds. The number of hydrogen-bond donors (Lipinski definition) is 1. The van der Waals surface area contributed by atoms with E-state index in [0.717, 1.165) is 18.1 Å². The van der Waals surface area contributed by atoms with E-state index in [1.54, 1.807) is 31.3 Å². The second-order valence-electron chi connectivity index (χ2n) is 8.18. The van der Waals surface area contributed by atoms with Crippen LogP contribution in [0.3, 0.4) is 0 Å². The van der Waals surface area contributed by atoms with Crippen molar-refractivity contribution in [3.63, 3.8) is 0 Å². The molecule has 1 saturated heterocycles. The number of halogens is 2. The minimum atomic E-state index is -2.94. The normalized spacial score (nSPS) is 19.2. The lowest BCUT2D eigenvalue weighted by Crippen LogP contribution is -2.51. The minimum Gasteiger partial charge on any atom is -0.465 e. The van der Waals surface area contributed by atoms with Gasteiger partial charge in [-0.3, -0.25) is 14.4 Å². The molecule has 2 aliphatic heterocycles. The summed E-state index contributed by atoms with van der Waals surface area (Å²) < 4.78 is 33.5. The van der Waals surface area contributed by atoms with Gasteiger partial charge in [0.2, 0.25) is 11.8 Å². The number of alkyl halides is 2. The summed E-state index contributed by atoms with van der Waals surface area (Å²) in [7, 11) is 0. The minimum absolute atomic E-state index is 0.0543. The molecular weight excluding hydrogens is 410 g/mol. The Morgan fingerprint density at radius 3 is 2.61 bits per heavy atom. The molecule has 0 radical (unpaired) electrons. The van der Waals surface area contributed by atoms with Crippen molar-refractivity contribution >= 4 is 23.4 Å². The summed E-state index contributed by atoms with van der Waals surface area (Å²) in [5.41, 5.74) is 2.30. The van der Waals surface area contributed by atoms with Crippen molar-refractivity contribution < 1.29 is 28.2 Å². The van der Waals surface area contributed by atoms with E-state index in [0.29, 0.717) is 24.6 Å². The zero-order chi connectivity index (χ0) is 22.3. The monoisotopic (exact) mass is 434 g/mol. The number of carbonyl (C=O) groups excluding carboxylic acids is 1. The number of fused-ring (bicyclic) bond motifs is 1. The first-order valence-electron chi connectivity index (χ1n) is 10.1. The summed E-state index contributed by atoms with van der Waals surface area (Å²) in [6, 6.07) is 4.86. The second kappa shape index (κ2) is 7.92. The van der Waals surface area contributed by atoms with Crippen LogP contribution in [0, 0.1) is 0 Å². The summed E-state index contributed by atoms with van der Waals surface area (Å²) in [5.74, 6) is -3.40. The van der Waals surface area contributed by atoms with E-state index in [1.165, 1.54) is 9.80 Å². The van der Waals surface area contributed by atoms with Crippen LogP contribution in [0.4, 0.5) is 25.0 Å². The van der Waals surface area contributed by atoms with Crippen molar-refractivity contribution in [2.45, 2.75) is 44.7 Å². The Morgan fingerprint density at radius 1 is 1.26 bits per heavy atom. The van der Waals surface area contributed by atoms with Gasteiger partial charge in [-0.15, -0.1) is 0 Å². The van der Waals surface area contributed by atoms with Crippen LogP contribution in [0.25, 0.3) is 11.1 Å². The van der Waals surface area contributed by atoms with Crippen LogP contribution in [-0.4, -0.2) is 58.6 Å². The van der Waals surface area contributed by atoms with Crippen molar-refractivity contribution in [2.24, 2.45) is 0 Å². The Balaban J connectivity index is 1.67. The highest BCUT2D eigenvalue weighted by Gasteiger charge is 2.36. The molecule has 2 aromatic rings. The van der Waals surface area contributed by atoms with Gasteiger partial charge in [0.05, 0.1) is 42.9 Å². The highest BCUT2D eigenvalue weighted by atomic mass is 19.3. The highest BCUT2D eigenvalue weighted by molar-refractivity contribution is 6.03. The number of amides is 2. The molecule has 1 aromatic carbocycles. The van der Waals surface area contributed by atoms with Gasteiger partial charge >= 0.3 is 6.09 Å². The number of rotatable bonds is 5. The summed E-state index contributed by atoms with van der Waals surface area (Å²) >= 11 is 0. The van der Waals surface area contributed by atoms with E-state index in [1.807, 2.05) is 10.9 Å². The van der Waals surface area contributed by atoms with Crippen LogP contribution < -0.4 is 9.80 Å². The maximum atomic E-state index is 13.3. The fraction of sp³-hybridized carbons (Fsp3) is 0.476. The second-order valence-corrected chi connectivity index (χ2v) is 8.18. The number of aromatic nitrogens is 2. The molecule has 1 atom stereocenters. The number of ether oxygens (including phenoxy) is 1. The number of anilines is 2. The van der Waals surface area contributed by atoms with Gasteiger partial charge in [0.1, 0.15) is 0 Å². The third-order valence-electron chi connectivity index (χ3n) is 5.62. The molecule has 0 unspecified atom stereocenters. The molecule has 0 spiro atoms. The number of carboxylic acid groups (broad SMARTS) is 1. The topological polar surface area (TPSA) is 87.9 Å². The van der Waals surface area contributed by atoms with Crippen LogP contribution in [-0.2, 0) is 9.53 Å². The Hall–Kier alpha value is -3.01. The lowest BCUT2D eigenvalue weighted by atomic mass is 10.0. The van der Waals surface area contributed by atoms with Gasteiger partial charge in [-0.25, -0.2) is 13.6 Å². The number of nitrogens with zero attached hydrogens (tertiary/aromatic N) is 4. The Morgan fingerprint density at radius 2 is 2.00 bits per heavy atom. The van der Waals surface area contributed by atoms with E-state index < -0.39 is 30.4 Å². The van der Waals surface area contributed by atoms with Crippen LogP contribution in [0.5, 0.6) is 0 Å². The summed E-state index contributed by atoms with van der Waals surface area (Å²) in [4.78, 5) is 27.3. The van der Waals surface area contributed by atoms with Gasteiger partial charge in [-0.1, -0.05) is 6.07 Å². The number of carbonyl (C=O) groups is 2. The van der Waals surface area contributed by atoms with Crippen molar-refractivity contribution in [1.29, 1.82) is 0 Å². The number of benzene rings is 1. The molecular formula is C21H24F2N4O4. The lowest BCUT2D eigenvalue weighted by Gasteiger charge is -2.40. The molecule has 1 aromatic heterocycles. The van der Waals surface area contributed by atoms with Crippen molar-refractivity contribution in [3.05, 3.63) is 30.6 Å².